The van der Waals surface area contributed by atoms with Crippen LogP contribution in [0.25, 0.3) is 0 Å². The molecule has 2 atom stereocenters. The molecule has 1 aromatic heterocycles. The molecule has 8 heteroatoms. The summed E-state index contributed by atoms with van der Waals surface area (Å²) in [6.07, 6.45) is -1.34. The van der Waals surface area contributed by atoms with Crippen LogP contribution in [0.4, 0.5) is 19.0 Å². The number of anilines is 1. The fourth-order valence-corrected chi connectivity index (χ4v) is 4.16. The summed E-state index contributed by atoms with van der Waals surface area (Å²) in [5.41, 5.74) is -0.854. The maximum absolute atomic E-state index is 13.2. The van der Waals surface area contributed by atoms with Gasteiger partial charge in [-0.05, 0) is 37.5 Å². The smallest absolute Gasteiger partial charge is 0.433 e. The van der Waals surface area contributed by atoms with Crippen LogP contribution in [0, 0.1) is 17.8 Å². The van der Waals surface area contributed by atoms with E-state index in [1.165, 1.54) is 0 Å². The quantitative estimate of drug-likeness (QED) is 0.745. The molecule has 1 aliphatic heterocycles. The van der Waals surface area contributed by atoms with Gasteiger partial charge in [0.05, 0.1) is 6.61 Å². The van der Waals surface area contributed by atoms with Gasteiger partial charge in [0, 0.05) is 31.5 Å². The Morgan fingerprint density at radius 3 is 2.50 bits per heavy atom. The van der Waals surface area contributed by atoms with Gasteiger partial charge in [-0.1, -0.05) is 6.42 Å². The van der Waals surface area contributed by atoms with Crippen LogP contribution in [0.1, 0.15) is 50.0 Å². The molecule has 2 aliphatic carbocycles. The van der Waals surface area contributed by atoms with E-state index < -0.39 is 11.9 Å². The van der Waals surface area contributed by atoms with Crippen LogP contribution >= 0.6 is 0 Å². The molecule has 0 bridgehead atoms. The lowest BCUT2D eigenvalue weighted by Gasteiger charge is -2.27. The molecule has 1 saturated heterocycles. The number of esters is 1. The number of hydrogen-bond acceptors (Lipinski definition) is 5. The third-order valence-electron chi connectivity index (χ3n) is 5.89. The molecule has 142 valence electrons. The van der Waals surface area contributed by atoms with Crippen LogP contribution in [0.2, 0.25) is 0 Å². The number of aromatic nitrogens is 2. The predicted molar refractivity (Wildman–Crippen MR) is 87.6 cm³/mol. The van der Waals surface area contributed by atoms with E-state index in [2.05, 4.69) is 9.97 Å². The van der Waals surface area contributed by atoms with Crippen LogP contribution in [0.5, 0.6) is 0 Å². The Labute approximate surface area is 149 Å². The summed E-state index contributed by atoms with van der Waals surface area (Å²) in [4.78, 5) is 21.7. The highest BCUT2D eigenvalue weighted by atomic mass is 19.4. The van der Waals surface area contributed by atoms with Gasteiger partial charge in [-0.25, -0.2) is 9.97 Å². The second-order valence-electron chi connectivity index (χ2n) is 7.50. The van der Waals surface area contributed by atoms with Crippen molar-refractivity contribution in [2.45, 2.75) is 44.7 Å². The van der Waals surface area contributed by atoms with Crippen molar-refractivity contribution in [1.29, 1.82) is 0 Å². The molecule has 26 heavy (non-hydrogen) atoms. The molecule has 0 N–H and O–H groups in total. The average Bonchev–Trinajstić information content (AvgIpc) is 2.96. The largest absolute Gasteiger partial charge is 0.466 e. The summed E-state index contributed by atoms with van der Waals surface area (Å²) in [6, 6.07) is 1.06. The van der Waals surface area contributed by atoms with Gasteiger partial charge in [-0.3, -0.25) is 4.79 Å². The second kappa shape index (κ2) is 6.39. The van der Waals surface area contributed by atoms with Crippen molar-refractivity contribution < 1.29 is 22.7 Å². The van der Waals surface area contributed by atoms with Gasteiger partial charge in [0.1, 0.15) is 17.3 Å². The average molecular weight is 369 g/mol. The maximum atomic E-state index is 13.2. The molecule has 2 unspecified atom stereocenters. The minimum atomic E-state index is -4.47. The van der Waals surface area contributed by atoms with Crippen molar-refractivity contribution in [3.05, 3.63) is 17.6 Å². The third-order valence-corrected chi connectivity index (χ3v) is 5.89. The lowest BCUT2D eigenvalue weighted by molar-refractivity contribution is -0.144. The molecule has 0 aromatic carbocycles. The highest BCUT2D eigenvalue weighted by molar-refractivity contribution is 5.70. The van der Waals surface area contributed by atoms with E-state index in [4.69, 9.17) is 4.74 Å². The van der Waals surface area contributed by atoms with Gasteiger partial charge in [-0.2, -0.15) is 13.2 Å². The highest BCUT2D eigenvalue weighted by Gasteiger charge is 2.56. The molecule has 0 radical (unpaired) electrons. The minimum absolute atomic E-state index is 0.0461. The zero-order chi connectivity index (χ0) is 18.5. The Hall–Kier alpha value is -1.86. The molecule has 5 nitrogen and oxygen atoms in total. The van der Waals surface area contributed by atoms with Gasteiger partial charge in [-0.15, -0.1) is 0 Å². The van der Waals surface area contributed by atoms with E-state index in [9.17, 15) is 18.0 Å². The Morgan fingerprint density at radius 2 is 1.96 bits per heavy atom. The van der Waals surface area contributed by atoms with E-state index >= 15 is 0 Å². The number of halogens is 3. The molecular weight excluding hydrogens is 347 g/mol. The number of carbonyl (C=O) groups is 1. The summed E-state index contributed by atoms with van der Waals surface area (Å²) in [7, 11) is 0. The number of ether oxygens (including phenoxy) is 1. The lowest BCUT2D eigenvalue weighted by atomic mass is 9.85. The molecule has 0 amide bonds. The van der Waals surface area contributed by atoms with Crippen molar-refractivity contribution in [1.82, 2.24) is 9.97 Å². The molecular formula is C18H22F3N3O2. The van der Waals surface area contributed by atoms with Crippen molar-refractivity contribution in [2.75, 3.05) is 24.6 Å². The van der Waals surface area contributed by atoms with E-state index in [1.807, 2.05) is 4.90 Å². The molecule has 3 fully saturated rings. The number of nitrogens with zero attached hydrogens (tertiary/aromatic N) is 3. The normalized spacial score (nSPS) is 27.8. The molecule has 1 aromatic rings. The Bertz CT molecular complexity index is 693. The summed E-state index contributed by atoms with van der Waals surface area (Å²) in [6.45, 7) is 3.44. The number of alkyl halides is 3. The van der Waals surface area contributed by atoms with E-state index in [0.29, 0.717) is 55.5 Å². The summed E-state index contributed by atoms with van der Waals surface area (Å²) >= 11 is 0. The van der Waals surface area contributed by atoms with Crippen LogP contribution < -0.4 is 4.90 Å². The standard InChI is InChI=1S/C18H22F3N3O2/c1-2-26-16(25)6-11-12-8-24(9-13(11)12)15-7-14(18(19,20)21)22-17(23-15)10-4-3-5-10/h7,10-13H,2-6,8-9H2,1H3. The monoisotopic (exact) mass is 369 g/mol. The number of carbonyl (C=O) groups excluding carboxylic acids is 1. The number of hydrogen-bond donors (Lipinski definition) is 0. The zero-order valence-corrected chi connectivity index (χ0v) is 14.6. The van der Waals surface area contributed by atoms with Gasteiger partial charge in [0.25, 0.3) is 0 Å². The number of rotatable bonds is 5. The van der Waals surface area contributed by atoms with Crippen LogP contribution in [0.3, 0.4) is 0 Å². The molecule has 4 rings (SSSR count). The van der Waals surface area contributed by atoms with Crippen molar-refractivity contribution in [3.8, 4) is 0 Å². The fraction of sp³-hybridized carbons (Fsp3) is 0.722. The molecule has 2 saturated carbocycles. The summed E-state index contributed by atoms with van der Waals surface area (Å²) < 4.78 is 44.7. The van der Waals surface area contributed by atoms with E-state index in [0.717, 1.165) is 25.3 Å². The first-order valence-corrected chi connectivity index (χ1v) is 9.23. The van der Waals surface area contributed by atoms with E-state index in [-0.39, 0.29) is 11.9 Å². The predicted octanol–water partition coefficient (Wildman–Crippen LogP) is 3.40. The first-order chi connectivity index (χ1) is 12.4. The molecule has 0 spiro atoms. The minimum Gasteiger partial charge on any atom is -0.466 e. The van der Waals surface area contributed by atoms with Gasteiger partial charge in [0.2, 0.25) is 0 Å². The van der Waals surface area contributed by atoms with Crippen LogP contribution in [-0.2, 0) is 15.7 Å². The zero-order valence-electron chi connectivity index (χ0n) is 14.6. The first-order valence-electron chi connectivity index (χ1n) is 9.23. The summed E-state index contributed by atoms with van der Waals surface area (Å²) in [5, 5.41) is 0. The Balaban J connectivity index is 1.47. The Kier molecular flexibility index (Phi) is 4.31. The van der Waals surface area contributed by atoms with E-state index in [1.54, 1.807) is 6.92 Å². The summed E-state index contributed by atoms with van der Waals surface area (Å²) in [5.74, 6) is 1.53. The maximum Gasteiger partial charge on any atom is 0.433 e. The third kappa shape index (κ3) is 3.25. The Morgan fingerprint density at radius 1 is 1.27 bits per heavy atom. The fourth-order valence-electron chi connectivity index (χ4n) is 4.16. The first kappa shape index (κ1) is 17.5. The van der Waals surface area contributed by atoms with Gasteiger partial charge < -0.3 is 9.64 Å². The van der Waals surface area contributed by atoms with Crippen molar-refractivity contribution in [2.24, 2.45) is 17.8 Å². The van der Waals surface area contributed by atoms with Crippen LogP contribution in [0.15, 0.2) is 6.07 Å². The number of fused-ring (bicyclic) bond motifs is 1. The highest BCUT2D eigenvalue weighted by Crippen LogP contribution is 2.54. The molecule has 3 aliphatic rings. The molecule has 2 heterocycles. The topological polar surface area (TPSA) is 55.3 Å². The van der Waals surface area contributed by atoms with Gasteiger partial charge in [0.15, 0.2) is 0 Å². The number of piperidine rings is 1. The van der Waals surface area contributed by atoms with Crippen molar-refractivity contribution >= 4 is 11.8 Å². The van der Waals surface area contributed by atoms with Crippen molar-refractivity contribution in [3.63, 3.8) is 0 Å². The second-order valence-corrected chi connectivity index (χ2v) is 7.50. The van der Waals surface area contributed by atoms with Gasteiger partial charge >= 0.3 is 12.1 Å². The SMILES string of the molecule is CCOC(=O)CC1C2CN(c3cc(C(F)(F)F)nc(C4CCC4)n3)CC12. The lowest BCUT2D eigenvalue weighted by Crippen LogP contribution is -2.28. The van der Waals surface area contributed by atoms with Crippen LogP contribution in [-0.4, -0.2) is 35.6 Å².